The molecule has 0 saturated heterocycles. The number of esters is 2. The first-order chi connectivity index (χ1) is 11.7. The van der Waals surface area contributed by atoms with Gasteiger partial charge in [-0.1, -0.05) is 25.5 Å². The van der Waals surface area contributed by atoms with Crippen molar-refractivity contribution in [3.05, 3.63) is 59.7 Å². The summed E-state index contributed by atoms with van der Waals surface area (Å²) >= 11 is 0. The molecule has 126 valence electrons. The first-order valence-corrected chi connectivity index (χ1v) is 7.78. The quantitative estimate of drug-likeness (QED) is 0.438. The van der Waals surface area contributed by atoms with E-state index in [1.54, 1.807) is 55.6 Å². The van der Waals surface area contributed by atoms with Crippen molar-refractivity contribution in [2.45, 2.75) is 19.8 Å². The van der Waals surface area contributed by atoms with E-state index in [-0.39, 0.29) is 11.1 Å². The second-order valence-corrected chi connectivity index (χ2v) is 5.10. The van der Waals surface area contributed by atoms with Gasteiger partial charge in [0.25, 0.3) is 0 Å². The van der Waals surface area contributed by atoms with E-state index in [0.29, 0.717) is 18.1 Å². The second-order valence-electron chi connectivity index (χ2n) is 5.10. The minimum absolute atomic E-state index is 0.176. The van der Waals surface area contributed by atoms with Crippen LogP contribution in [0.15, 0.2) is 48.5 Å². The highest BCUT2D eigenvalue weighted by molar-refractivity contribution is 6.03. The number of methoxy groups -OCH3 is 1. The van der Waals surface area contributed by atoms with Crippen LogP contribution in [-0.4, -0.2) is 25.7 Å². The van der Waals surface area contributed by atoms with E-state index in [1.807, 2.05) is 6.92 Å². The Morgan fingerprint density at radius 2 is 1.46 bits per heavy atom. The standard InChI is InChI=1S/C19H20O5/c1-3-4-13-23-18(20)16-7-5-6-8-17(16)19(21)24-15-11-9-14(22-2)10-12-15/h5-12H,3-4,13H2,1-2H3. The molecule has 2 aromatic rings. The fourth-order valence-corrected chi connectivity index (χ4v) is 2.03. The van der Waals surface area contributed by atoms with Crippen LogP contribution in [0.1, 0.15) is 40.5 Å². The molecule has 0 unspecified atom stereocenters. The van der Waals surface area contributed by atoms with E-state index in [1.165, 1.54) is 0 Å². The fraction of sp³-hybridized carbons (Fsp3) is 0.263. The summed E-state index contributed by atoms with van der Waals surface area (Å²) in [6.45, 7) is 2.34. The molecule has 0 aliphatic carbocycles. The van der Waals surface area contributed by atoms with Crippen LogP contribution >= 0.6 is 0 Å². The van der Waals surface area contributed by atoms with Crippen LogP contribution in [-0.2, 0) is 4.74 Å². The van der Waals surface area contributed by atoms with Crippen molar-refractivity contribution in [1.82, 2.24) is 0 Å². The maximum Gasteiger partial charge on any atom is 0.344 e. The summed E-state index contributed by atoms with van der Waals surface area (Å²) in [5.41, 5.74) is 0.377. The third-order valence-electron chi connectivity index (χ3n) is 3.37. The Hall–Kier alpha value is -2.82. The van der Waals surface area contributed by atoms with Crippen LogP contribution < -0.4 is 9.47 Å². The second kappa shape index (κ2) is 8.72. The van der Waals surface area contributed by atoms with Crippen LogP contribution in [0, 0.1) is 0 Å². The number of unbranched alkanes of at least 4 members (excludes halogenated alkanes) is 1. The summed E-state index contributed by atoms with van der Waals surface area (Å²) in [5.74, 6) is -0.0985. The van der Waals surface area contributed by atoms with Gasteiger partial charge in [-0.3, -0.25) is 0 Å². The van der Waals surface area contributed by atoms with Crippen LogP contribution in [0.2, 0.25) is 0 Å². The molecule has 0 N–H and O–H groups in total. The summed E-state index contributed by atoms with van der Waals surface area (Å²) < 4.78 is 15.5. The molecule has 2 aromatic carbocycles. The van der Waals surface area contributed by atoms with Gasteiger partial charge in [0.15, 0.2) is 0 Å². The Bertz CT molecular complexity index is 691. The van der Waals surface area contributed by atoms with Crippen molar-refractivity contribution < 1.29 is 23.8 Å². The average molecular weight is 328 g/mol. The molecule has 2 rings (SSSR count). The predicted octanol–water partition coefficient (Wildman–Crippen LogP) is 3.87. The Balaban J connectivity index is 2.12. The minimum Gasteiger partial charge on any atom is -0.497 e. The minimum atomic E-state index is -0.608. The summed E-state index contributed by atoms with van der Waals surface area (Å²) in [7, 11) is 1.56. The van der Waals surface area contributed by atoms with Gasteiger partial charge in [-0.2, -0.15) is 0 Å². The molecule has 0 aliphatic heterocycles. The third kappa shape index (κ3) is 4.59. The van der Waals surface area contributed by atoms with Crippen molar-refractivity contribution in [3.63, 3.8) is 0 Å². The first kappa shape index (κ1) is 17.5. The Labute approximate surface area is 141 Å². The molecule has 5 nitrogen and oxygen atoms in total. The van der Waals surface area contributed by atoms with Gasteiger partial charge in [0.2, 0.25) is 0 Å². The highest BCUT2D eigenvalue weighted by Gasteiger charge is 2.19. The van der Waals surface area contributed by atoms with Crippen molar-refractivity contribution >= 4 is 11.9 Å². The molecule has 0 aromatic heterocycles. The number of rotatable bonds is 7. The van der Waals surface area contributed by atoms with E-state index in [2.05, 4.69) is 0 Å². The highest BCUT2D eigenvalue weighted by Crippen LogP contribution is 2.19. The van der Waals surface area contributed by atoms with E-state index >= 15 is 0 Å². The van der Waals surface area contributed by atoms with Gasteiger partial charge in [0.05, 0.1) is 24.8 Å². The maximum atomic E-state index is 12.4. The van der Waals surface area contributed by atoms with Crippen molar-refractivity contribution in [2.24, 2.45) is 0 Å². The largest absolute Gasteiger partial charge is 0.497 e. The number of hydrogen-bond donors (Lipinski definition) is 0. The SMILES string of the molecule is CCCCOC(=O)c1ccccc1C(=O)Oc1ccc(OC)cc1. The number of ether oxygens (including phenoxy) is 3. The maximum absolute atomic E-state index is 12.4. The molecule has 0 heterocycles. The van der Waals surface area contributed by atoms with Gasteiger partial charge in [-0.05, 0) is 42.8 Å². The zero-order valence-corrected chi connectivity index (χ0v) is 13.8. The van der Waals surface area contributed by atoms with Crippen molar-refractivity contribution in [3.8, 4) is 11.5 Å². The van der Waals surface area contributed by atoms with Crippen molar-refractivity contribution in [2.75, 3.05) is 13.7 Å². The lowest BCUT2D eigenvalue weighted by Crippen LogP contribution is -2.16. The summed E-state index contributed by atoms with van der Waals surface area (Å²) in [6, 6.07) is 13.1. The normalized spacial score (nSPS) is 10.1. The Morgan fingerprint density at radius 1 is 0.875 bits per heavy atom. The van der Waals surface area contributed by atoms with Gasteiger partial charge in [0, 0.05) is 0 Å². The van der Waals surface area contributed by atoms with Gasteiger partial charge in [-0.25, -0.2) is 9.59 Å². The van der Waals surface area contributed by atoms with E-state index < -0.39 is 11.9 Å². The molecule has 0 aliphatic rings. The molecule has 5 heteroatoms. The molecule has 0 fully saturated rings. The van der Waals surface area contributed by atoms with Crippen LogP contribution in [0.25, 0.3) is 0 Å². The van der Waals surface area contributed by atoms with E-state index in [0.717, 1.165) is 12.8 Å². The molecule has 0 radical (unpaired) electrons. The van der Waals surface area contributed by atoms with Crippen molar-refractivity contribution in [1.29, 1.82) is 0 Å². The predicted molar refractivity (Wildman–Crippen MR) is 89.6 cm³/mol. The molecule has 0 spiro atoms. The van der Waals surface area contributed by atoms with E-state index in [9.17, 15) is 9.59 Å². The lowest BCUT2D eigenvalue weighted by molar-refractivity contribution is 0.0491. The Kier molecular flexibility index (Phi) is 6.37. The fourth-order valence-electron chi connectivity index (χ4n) is 2.03. The summed E-state index contributed by atoms with van der Waals surface area (Å²) in [5, 5.41) is 0. The number of benzene rings is 2. The molecule has 24 heavy (non-hydrogen) atoms. The van der Waals surface area contributed by atoms with Crippen LogP contribution in [0.4, 0.5) is 0 Å². The number of carbonyl (C=O) groups is 2. The van der Waals surface area contributed by atoms with Gasteiger partial charge < -0.3 is 14.2 Å². The Morgan fingerprint density at radius 3 is 2.04 bits per heavy atom. The lowest BCUT2D eigenvalue weighted by Gasteiger charge is -2.09. The molecule has 0 saturated carbocycles. The van der Waals surface area contributed by atoms with E-state index in [4.69, 9.17) is 14.2 Å². The lowest BCUT2D eigenvalue weighted by atomic mass is 10.1. The van der Waals surface area contributed by atoms with Gasteiger partial charge in [0.1, 0.15) is 11.5 Å². The summed E-state index contributed by atoms with van der Waals surface area (Å²) in [6.07, 6.45) is 1.71. The molecule has 0 bridgehead atoms. The summed E-state index contributed by atoms with van der Waals surface area (Å²) in [4.78, 5) is 24.5. The molecule has 0 amide bonds. The average Bonchev–Trinajstić information content (AvgIpc) is 2.62. The zero-order valence-electron chi connectivity index (χ0n) is 13.8. The number of hydrogen-bond acceptors (Lipinski definition) is 5. The van der Waals surface area contributed by atoms with Crippen LogP contribution in [0.3, 0.4) is 0 Å². The topological polar surface area (TPSA) is 61.8 Å². The first-order valence-electron chi connectivity index (χ1n) is 7.78. The van der Waals surface area contributed by atoms with Crippen LogP contribution in [0.5, 0.6) is 11.5 Å². The number of carbonyl (C=O) groups excluding carboxylic acids is 2. The third-order valence-corrected chi connectivity index (χ3v) is 3.37. The molecule has 0 atom stereocenters. The van der Waals surface area contributed by atoms with Gasteiger partial charge in [-0.15, -0.1) is 0 Å². The van der Waals surface area contributed by atoms with Gasteiger partial charge >= 0.3 is 11.9 Å². The highest BCUT2D eigenvalue weighted by atomic mass is 16.5. The monoisotopic (exact) mass is 328 g/mol. The zero-order chi connectivity index (χ0) is 17.4. The molecular formula is C19H20O5. The molecular weight excluding hydrogens is 308 g/mol. The smallest absolute Gasteiger partial charge is 0.344 e.